The average molecular weight is 491 g/mol. The number of rotatable bonds is 6. The van der Waals surface area contributed by atoms with Gasteiger partial charge in [0.25, 0.3) is 11.8 Å². The molecule has 9 nitrogen and oxygen atoms in total. The van der Waals surface area contributed by atoms with Gasteiger partial charge in [0.2, 0.25) is 5.91 Å². The molecule has 1 saturated heterocycles. The predicted octanol–water partition coefficient (Wildman–Crippen LogP) is 2.52. The number of amides is 3. The molecule has 4 rings (SSSR count). The van der Waals surface area contributed by atoms with Crippen LogP contribution in [0.1, 0.15) is 46.7 Å². The summed E-state index contributed by atoms with van der Waals surface area (Å²) in [6.07, 6.45) is 3.77. The summed E-state index contributed by atoms with van der Waals surface area (Å²) in [6, 6.07) is 4.03. The third-order valence-corrected chi connectivity index (χ3v) is 6.88. The van der Waals surface area contributed by atoms with Gasteiger partial charge < -0.3 is 25.4 Å². The van der Waals surface area contributed by atoms with E-state index in [4.69, 9.17) is 11.6 Å². The van der Waals surface area contributed by atoms with E-state index in [0.717, 1.165) is 6.07 Å². The highest BCUT2D eigenvalue weighted by Crippen LogP contribution is 2.28. The Morgan fingerprint density at radius 3 is 2.53 bits per heavy atom. The van der Waals surface area contributed by atoms with Crippen molar-refractivity contribution in [3.8, 4) is 0 Å². The SMILES string of the molecule is CN(C)C1CN(C(=O)c2nc[nH]c2C(=O)N[C@H]2CC[C@H](C(=O)Nc3ccc(F)cc3Cl)CC2)C1. The van der Waals surface area contributed by atoms with Gasteiger partial charge in [-0.3, -0.25) is 14.4 Å². The molecule has 182 valence electrons. The fourth-order valence-electron chi connectivity index (χ4n) is 4.31. The minimum absolute atomic E-state index is 0.112. The second-order valence-electron chi connectivity index (χ2n) is 9.09. The topological polar surface area (TPSA) is 110 Å². The minimum atomic E-state index is -0.469. The molecule has 2 aliphatic rings. The zero-order valence-corrected chi connectivity index (χ0v) is 19.9. The van der Waals surface area contributed by atoms with E-state index in [1.807, 2.05) is 14.1 Å². The lowest BCUT2D eigenvalue weighted by Crippen LogP contribution is -2.59. The molecule has 11 heteroatoms. The van der Waals surface area contributed by atoms with Crippen LogP contribution in [0.2, 0.25) is 5.02 Å². The third kappa shape index (κ3) is 5.23. The standard InChI is InChI=1S/C23H28ClFN6O3/c1-30(2)16-10-31(11-16)23(34)20-19(26-12-27-20)22(33)28-15-6-3-13(4-7-15)21(32)29-18-8-5-14(25)9-17(18)24/h5,8-9,12-13,15-16H,3-4,6-7,10-11H2,1-2H3,(H,26,27)(H,28,33)(H,29,32)/t13-,15-. The highest BCUT2D eigenvalue weighted by Gasteiger charge is 2.36. The van der Waals surface area contributed by atoms with Crippen LogP contribution in [0.4, 0.5) is 10.1 Å². The fourth-order valence-corrected chi connectivity index (χ4v) is 4.52. The predicted molar refractivity (Wildman–Crippen MR) is 125 cm³/mol. The molecule has 1 aliphatic carbocycles. The van der Waals surface area contributed by atoms with Gasteiger partial charge in [0, 0.05) is 31.1 Å². The second kappa shape index (κ2) is 10.1. The number of likely N-dealkylation sites (tertiary alicyclic amines) is 1. The molecule has 0 unspecified atom stereocenters. The number of halogens is 2. The van der Waals surface area contributed by atoms with Crippen LogP contribution in [-0.2, 0) is 4.79 Å². The summed E-state index contributed by atoms with van der Waals surface area (Å²) in [6.45, 7) is 1.21. The van der Waals surface area contributed by atoms with Crippen molar-refractivity contribution in [1.82, 2.24) is 25.1 Å². The number of likely N-dealkylation sites (N-methyl/N-ethyl adjacent to an activating group) is 1. The molecular weight excluding hydrogens is 463 g/mol. The normalized spacial score (nSPS) is 20.7. The lowest BCUT2D eigenvalue weighted by molar-refractivity contribution is -0.120. The van der Waals surface area contributed by atoms with Gasteiger partial charge in [0.1, 0.15) is 11.5 Å². The van der Waals surface area contributed by atoms with Crippen molar-refractivity contribution < 1.29 is 18.8 Å². The first-order valence-electron chi connectivity index (χ1n) is 11.3. The molecular formula is C23H28ClFN6O3. The van der Waals surface area contributed by atoms with Crippen LogP contribution >= 0.6 is 11.6 Å². The van der Waals surface area contributed by atoms with Gasteiger partial charge in [0.05, 0.1) is 17.0 Å². The summed E-state index contributed by atoms with van der Waals surface area (Å²) >= 11 is 5.99. The van der Waals surface area contributed by atoms with Crippen molar-refractivity contribution in [3.05, 3.63) is 46.8 Å². The van der Waals surface area contributed by atoms with Crippen LogP contribution in [0.3, 0.4) is 0 Å². The van der Waals surface area contributed by atoms with Crippen molar-refractivity contribution in [2.75, 3.05) is 32.5 Å². The summed E-state index contributed by atoms with van der Waals surface area (Å²) in [4.78, 5) is 48.8. The summed E-state index contributed by atoms with van der Waals surface area (Å²) in [5, 5.41) is 5.86. The molecule has 1 saturated carbocycles. The van der Waals surface area contributed by atoms with Crippen molar-refractivity contribution in [2.45, 2.75) is 37.8 Å². The molecule has 34 heavy (non-hydrogen) atoms. The monoisotopic (exact) mass is 490 g/mol. The van der Waals surface area contributed by atoms with Crippen LogP contribution in [-0.4, -0.2) is 76.8 Å². The molecule has 2 fully saturated rings. The Hall–Kier alpha value is -2.98. The maximum absolute atomic E-state index is 13.2. The average Bonchev–Trinajstić information content (AvgIpc) is 3.25. The first-order chi connectivity index (χ1) is 16.2. The number of carbonyl (C=O) groups excluding carboxylic acids is 3. The summed E-state index contributed by atoms with van der Waals surface area (Å²) in [5.41, 5.74) is 0.655. The van der Waals surface area contributed by atoms with Crippen LogP contribution < -0.4 is 10.6 Å². The lowest BCUT2D eigenvalue weighted by atomic mass is 9.85. The highest BCUT2D eigenvalue weighted by molar-refractivity contribution is 6.33. The quantitative estimate of drug-likeness (QED) is 0.576. The van der Waals surface area contributed by atoms with Gasteiger partial charge in [-0.05, 0) is 58.0 Å². The van der Waals surface area contributed by atoms with E-state index in [2.05, 4.69) is 25.5 Å². The van der Waals surface area contributed by atoms with Gasteiger partial charge in [-0.1, -0.05) is 11.6 Å². The first kappa shape index (κ1) is 24.2. The molecule has 0 spiro atoms. The molecule has 1 aliphatic heterocycles. The molecule has 3 N–H and O–H groups in total. The van der Waals surface area contributed by atoms with E-state index < -0.39 is 5.82 Å². The molecule has 2 aromatic rings. The number of aromatic nitrogens is 2. The van der Waals surface area contributed by atoms with Crippen molar-refractivity contribution >= 4 is 35.0 Å². The van der Waals surface area contributed by atoms with E-state index in [-0.39, 0.29) is 46.1 Å². The Morgan fingerprint density at radius 2 is 1.88 bits per heavy atom. The summed E-state index contributed by atoms with van der Waals surface area (Å²) in [7, 11) is 3.94. The molecule has 0 radical (unpaired) electrons. The Kier molecular flexibility index (Phi) is 7.18. The second-order valence-corrected chi connectivity index (χ2v) is 9.50. The number of carbonyl (C=O) groups is 3. The first-order valence-corrected chi connectivity index (χ1v) is 11.7. The molecule has 1 aromatic carbocycles. The van der Waals surface area contributed by atoms with Crippen LogP contribution in [0.15, 0.2) is 24.5 Å². The zero-order chi connectivity index (χ0) is 24.4. The largest absolute Gasteiger partial charge is 0.348 e. The van der Waals surface area contributed by atoms with Gasteiger partial charge in [-0.15, -0.1) is 0 Å². The lowest BCUT2D eigenvalue weighted by Gasteiger charge is -2.42. The Bertz CT molecular complexity index is 1080. The smallest absolute Gasteiger partial charge is 0.275 e. The Morgan fingerprint density at radius 1 is 1.18 bits per heavy atom. The number of imidazole rings is 1. The Labute approximate surface area is 202 Å². The maximum Gasteiger partial charge on any atom is 0.275 e. The number of aromatic amines is 1. The number of anilines is 1. The third-order valence-electron chi connectivity index (χ3n) is 6.57. The van der Waals surface area contributed by atoms with Crippen LogP contribution in [0, 0.1) is 11.7 Å². The highest BCUT2D eigenvalue weighted by atomic mass is 35.5. The van der Waals surface area contributed by atoms with E-state index >= 15 is 0 Å². The van der Waals surface area contributed by atoms with Gasteiger partial charge in [-0.25, -0.2) is 9.37 Å². The summed E-state index contributed by atoms with van der Waals surface area (Å²) in [5.74, 6) is -1.51. The fraction of sp³-hybridized carbons (Fsp3) is 0.478. The van der Waals surface area contributed by atoms with E-state index in [0.29, 0.717) is 50.5 Å². The number of hydrogen-bond donors (Lipinski definition) is 3. The van der Waals surface area contributed by atoms with Gasteiger partial charge in [-0.2, -0.15) is 0 Å². The zero-order valence-electron chi connectivity index (χ0n) is 19.1. The van der Waals surface area contributed by atoms with E-state index in [1.165, 1.54) is 18.5 Å². The van der Waals surface area contributed by atoms with Crippen LogP contribution in [0.5, 0.6) is 0 Å². The van der Waals surface area contributed by atoms with Gasteiger partial charge >= 0.3 is 0 Å². The number of hydrogen-bond acceptors (Lipinski definition) is 5. The van der Waals surface area contributed by atoms with E-state index in [1.54, 1.807) is 4.90 Å². The number of nitrogens with zero attached hydrogens (tertiary/aromatic N) is 3. The maximum atomic E-state index is 13.2. The summed E-state index contributed by atoms with van der Waals surface area (Å²) < 4.78 is 13.2. The van der Waals surface area contributed by atoms with Crippen LogP contribution in [0.25, 0.3) is 0 Å². The molecule has 2 heterocycles. The molecule has 0 bridgehead atoms. The van der Waals surface area contributed by atoms with Crippen molar-refractivity contribution in [3.63, 3.8) is 0 Å². The Balaban J connectivity index is 1.28. The molecule has 1 aromatic heterocycles. The van der Waals surface area contributed by atoms with E-state index in [9.17, 15) is 18.8 Å². The molecule has 0 atom stereocenters. The number of benzene rings is 1. The molecule has 3 amide bonds. The van der Waals surface area contributed by atoms with Gasteiger partial charge in [0.15, 0.2) is 5.69 Å². The number of H-pyrrole nitrogens is 1. The number of nitrogens with one attached hydrogen (secondary N) is 3. The van der Waals surface area contributed by atoms with Crippen molar-refractivity contribution in [2.24, 2.45) is 5.92 Å². The van der Waals surface area contributed by atoms with Crippen molar-refractivity contribution in [1.29, 1.82) is 0 Å². The minimum Gasteiger partial charge on any atom is -0.348 e.